The smallest absolute Gasteiger partial charge is 0.285 e. The number of hydrogen-bond donors (Lipinski definition) is 2. The van der Waals surface area contributed by atoms with Crippen LogP contribution < -0.4 is 11.2 Å². The molecule has 0 bridgehead atoms. The lowest BCUT2D eigenvalue weighted by molar-refractivity contribution is 0.0959. The SMILES string of the molecule is Cn1c(N)c(C(=O)N/N=C\c2ccccc2)sc1=S. The van der Waals surface area contributed by atoms with E-state index in [-0.39, 0.29) is 5.91 Å². The van der Waals surface area contributed by atoms with E-state index in [1.807, 2.05) is 30.3 Å². The van der Waals surface area contributed by atoms with Crippen LogP contribution >= 0.6 is 23.6 Å². The third-order valence-corrected chi connectivity index (χ3v) is 4.01. The molecule has 1 aromatic heterocycles. The number of carbonyl (C=O) groups is 1. The molecule has 0 aliphatic rings. The minimum absolute atomic E-state index is 0.349. The Kier molecular flexibility index (Phi) is 4.08. The van der Waals surface area contributed by atoms with Crippen molar-refractivity contribution in [2.45, 2.75) is 0 Å². The summed E-state index contributed by atoms with van der Waals surface area (Å²) < 4.78 is 2.14. The van der Waals surface area contributed by atoms with Crippen molar-refractivity contribution in [2.75, 3.05) is 5.73 Å². The lowest BCUT2D eigenvalue weighted by Gasteiger charge is -1.99. The maximum atomic E-state index is 11.9. The van der Waals surface area contributed by atoms with E-state index in [4.69, 9.17) is 18.0 Å². The van der Waals surface area contributed by atoms with Gasteiger partial charge in [0, 0.05) is 7.05 Å². The van der Waals surface area contributed by atoms with Crippen molar-refractivity contribution in [1.82, 2.24) is 9.99 Å². The molecule has 1 heterocycles. The zero-order valence-corrected chi connectivity index (χ0v) is 11.8. The first kappa shape index (κ1) is 13.4. The fraction of sp³-hybridized carbons (Fsp3) is 0.0833. The molecule has 3 N–H and O–H groups in total. The van der Waals surface area contributed by atoms with Gasteiger partial charge in [-0.15, -0.1) is 0 Å². The summed E-state index contributed by atoms with van der Waals surface area (Å²) in [5.41, 5.74) is 9.11. The number of benzene rings is 1. The van der Waals surface area contributed by atoms with Crippen LogP contribution in [0.5, 0.6) is 0 Å². The highest BCUT2D eigenvalue weighted by Gasteiger charge is 2.14. The molecule has 0 unspecified atom stereocenters. The third kappa shape index (κ3) is 3.07. The summed E-state index contributed by atoms with van der Waals surface area (Å²) in [6, 6.07) is 9.47. The molecule has 1 aromatic carbocycles. The summed E-state index contributed by atoms with van der Waals surface area (Å²) in [6.45, 7) is 0. The van der Waals surface area contributed by atoms with Crippen LogP contribution in [0.4, 0.5) is 5.82 Å². The lowest BCUT2D eigenvalue weighted by atomic mass is 10.2. The molecule has 7 heteroatoms. The zero-order chi connectivity index (χ0) is 13.8. The molecule has 0 radical (unpaired) electrons. The first-order chi connectivity index (χ1) is 9.09. The van der Waals surface area contributed by atoms with Crippen molar-refractivity contribution >= 4 is 41.5 Å². The molecule has 0 aliphatic carbocycles. The van der Waals surface area contributed by atoms with Gasteiger partial charge in [-0.2, -0.15) is 5.10 Å². The molecule has 0 atom stereocenters. The largest absolute Gasteiger partial charge is 0.384 e. The Hall–Kier alpha value is -1.99. The summed E-state index contributed by atoms with van der Waals surface area (Å²) in [5.74, 6) is -0.0104. The molecule has 2 rings (SSSR count). The fourth-order valence-electron chi connectivity index (χ4n) is 1.38. The van der Waals surface area contributed by atoms with Crippen LogP contribution in [0.2, 0.25) is 0 Å². The summed E-state index contributed by atoms with van der Waals surface area (Å²) >= 11 is 6.22. The predicted octanol–water partition coefficient (Wildman–Crippen LogP) is 2.16. The van der Waals surface area contributed by atoms with E-state index < -0.39 is 0 Å². The highest BCUT2D eigenvalue weighted by molar-refractivity contribution is 7.73. The quantitative estimate of drug-likeness (QED) is 0.517. The second kappa shape index (κ2) is 5.77. The van der Waals surface area contributed by atoms with E-state index in [2.05, 4.69) is 10.5 Å². The third-order valence-electron chi connectivity index (χ3n) is 2.44. The van der Waals surface area contributed by atoms with Gasteiger partial charge in [0.2, 0.25) is 0 Å². The number of amides is 1. The number of rotatable bonds is 3. The highest BCUT2D eigenvalue weighted by Crippen LogP contribution is 2.20. The molecular formula is C12H12N4OS2. The number of nitrogens with two attached hydrogens (primary N) is 1. The normalized spacial score (nSPS) is 10.8. The summed E-state index contributed by atoms with van der Waals surface area (Å²) in [6.07, 6.45) is 1.57. The van der Waals surface area contributed by atoms with Gasteiger partial charge in [0.1, 0.15) is 10.7 Å². The average molecular weight is 292 g/mol. The number of thiazole rings is 1. The second-order valence-corrected chi connectivity index (χ2v) is 5.40. The van der Waals surface area contributed by atoms with Gasteiger partial charge < -0.3 is 10.3 Å². The monoisotopic (exact) mass is 292 g/mol. The van der Waals surface area contributed by atoms with Crippen molar-refractivity contribution in [3.8, 4) is 0 Å². The average Bonchev–Trinajstić information content (AvgIpc) is 2.68. The van der Waals surface area contributed by atoms with Gasteiger partial charge in [-0.3, -0.25) is 4.79 Å². The van der Waals surface area contributed by atoms with Crippen molar-refractivity contribution in [1.29, 1.82) is 0 Å². The highest BCUT2D eigenvalue weighted by atomic mass is 32.1. The number of hydrogen-bond acceptors (Lipinski definition) is 5. The Morgan fingerprint density at radius 2 is 2.16 bits per heavy atom. The Bertz CT molecular complexity index is 673. The molecule has 0 saturated carbocycles. The van der Waals surface area contributed by atoms with E-state index in [0.29, 0.717) is 14.6 Å². The van der Waals surface area contributed by atoms with E-state index in [0.717, 1.165) is 16.9 Å². The molecule has 0 spiro atoms. The molecule has 0 aliphatic heterocycles. The lowest BCUT2D eigenvalue weighted by Crippen LogP contribution is -2.18. The van der Waals surface area contributed by atoms with E-state index >= 15 is 0 Å². The maximum absolute atomic E-state index is 11.9. The summed E-state index contributed by atoms with van der Waals surface area (Å²) in [4.78, 5) is 12.2. The van der Waals surface area contributed by atoms with Crippen molar-refractivity contribution < 1.29 is 4.79 Å². The molecule has 19 heavy (non-hydrogen) atoms. The van der Waals surface area contributed by atoms with Crippen molar-refractivity contribution in [3.05, 3.63) is 44.7 Å². The molecule has 0 saturated heterocycles. The van der Waals surface area contributed by atoms with Crippen LogP contribution in [0.25, 0.3) is 0 Å². The van der Waals surface area contributed by atoms with E-state index in [9.17, 15) is 4.79 Å². The van der Waals surface area contributed by atoms with Crippen LogP contribution in [0, 0.1) is 3.95 Å². The summed E-state index contributed by atoms with van der Waals surface area (Å²) in [7, 11) is 1.72. The standard InChI is InChI=1S/C12H12N4OS2/c1-16-10(13)9(19-12(16)18)11(17)15-14-7-8-5-3-2-4-6-8/h2-7H,13H2,1H3,(H,15,17)/b14-7-. The topological polar surface area (TPSA) is 72.4 Å². The number of anilines is 1. The van der Waals surface area contributed by atoms with Gasteiger partial charge in [-0.05, 0) is 17.8 Å². The van der Waals surface area contributed by atoms with Crippen molar-refractivity contribution in [2.24, 2.45) is 12.1 Å². The van der Waals surface area contributed by atoms with Gasteiger partial charge >= 0.3 is 0 Å². The number of nitrogen functional groups attached to an aromatic ring is 1. The molecular weight excluding hydrogens is 280 g/mol. The molecule has 5 nitrogen and oxygen atoms in total. The van der Waals surface area contributed by atoms with Crippen LogP contribution in [0.15, 0.2) is 35.4 Å². The van der Waals surface area contributed by atoms with Gasteiger partial charge in [0.05, 0.1) is 6.21 Å². The Balaban J connectivity index is 2.08. The van der Waals surface area contributed by atoms with Crippen LogP contribution in [-0.4, -0.2) is 16.7 Å². The van der Waals surface area contributed by atoms with Gasteiger partial charge in [-0.25, -0.2) is 5.43 Å². The van der Waals surface area contributed by atoms with E-state index in [1.165, 1.54) is 0 Å². The zero-order valence-electron chi connectivity index (χ0n) is 10.2. The maximum Gasteiger partial charge on any atom is 0.285 e. The van der Waals surface area contributed by atoms with Crippen molar-refractivity contribution in [3.63, 3.8) is 0 Å². The predicted molar refractivity (Wildman–Crippen MR) is 80.0 cm³/mol. The minimum Gasteiger partial charge on any atom is -0.384 e. The minimum atomic E-state index is -0.360. The number of nitrogens with one attached hydrogen (secondary N) is 1. The fourth-order valence-corrected chi connectivity index (χ4v) is 2.51. The molecule has 2 aromatic rings. The van der Waals surface area contributed by atoms with Crippen LogP contribution in [0.1, 0.15) is 15.2 Å². The number of hydrazone groups is 1. The van der Waals surface area contributed by atoms with Gasteiger partial charge in [0.25, 0.3) is 5.91 Å². The Morgan fingerprint density at radius 3 is 2.74 bits per heavy atom. The first-order valence-corrected chi connectivity index (χ1v) is 6.66. The molecule has 98 valence electrons. The number of carbonyl (C=O) groups excluding carboxylic acids is 1. The summed E-state index contributed by atoms with van der Waals surface area (Å²) in [5, 5.41) is 3.88. The number of nitrogens with zero attached hydrogens (tertiary/aromatic N) is 2. The van der Waals surface area contributed by atoms with Crippen LogP contribution in [-0.2, 0) is 7.05 Å². The van der Waals surface area contributed by atoms with Gasteiger partial charge in [0.15, 0.2) is 3.95 Å². The Labute approximate surface area is 119 Å². The first-order valence-electron chi connectivity index (χ1n) is 5.43. The van der Waals surface area contributed by atoms with E-state index in [1.54, 1.807) is 17.8 Å². The van der Waals surface area contributed by atoms with Gasteiger partial charge in [-0.1, -0.05) is 41.7 Å². The Morgan fingerprint density at radius 1 is 1.47 bits per heavy atom. The molecule has 1 amide bonds. The van der Waals surface area contributed by atoms with Crippen LogP contribution in [0.3, 0.4) is 0 Å². The second-order valence-electron chi connectivity index (χ2n) is 3.75. The molecule has 0 fully saturated rings. The number of aromatic nitrogens is 1.